The van der Waals surface area contributed by atoms with E-state index in [1.807, 2.05) is 0 Å². The molecule has 0 aliphatic heterocycles. The molecular formula is C12H22. The Balaban J connectivity index is 2.10. The molecule has 0 amide bonds. The van der Waals surface area contributed by atoms with Gasteiger partial charge in [0.1, 0.15) is 0 Å². The maximum atomic E-state index is 2.53. The highest BCUT2D eigenvalue weighted by molar-refractivity contribution is 4.94. The molecule has 3 unspecified atom stereocenters. The molecule has 2 aliphatic rings. The topological polar surface area (TPSA) is 0 Å². The summed E-state index contributed by atoms with van der Waals surface area (Å²) in [6.45, 7) is 4.92. The molecule has 0 heterocycles. The third-order valence-corrected chi connectivity index (χ3v) is 4.70. The van der Waals surface area contributed by atoms with Gasteiger partial charge in [0.2, 0.25) is 0 Å². The molecule has 3 atom stereocenters. The van der Waals surface area contributed by atoms with E-state index in [9.17, 15) is 0 Å². The first-order chi connectivity index (χ1) is 5.76. The Kier molecular flexibility index (Phi) is 2.18. The van der Waals surface area contributed by atoms with E-state index in [1.165, 1.54) is 38.5 Å². The van der Waals surface area contributed by atoms with Crippen molar-refractivity contribution in [3.8, 4) is 0 Å². The minimum atomic E-state index is 0.727. The Hall–Kier alpha value is 0. The van der Waals surface area contributed by atoms with Crippen LogP contribution in [-0.2, 0) is 0 Å². The van der Waals surface area contributed by atoms with Crippen molar-refractivity contribution in [3.05, 3.63) is 0 Å². The molecule has 0 aromatic rings. The van der Waals surface area contributed by atoms with E-state index >= 15 is 0 Å². The van der Waals surface area contributed by atoms with Crippen LogP contribution in [0.2, 0.25) is 0 Å². The van der Waals surface area contributed by atoms with E-state index in [0.29, 0.717) is 0 Å². The van der Waals surface area contributed by atoms with Gasteiger partial charge in [-0.3, -0.25) is 0 Å². The first-order valence-electron chi connectivity index (χ1n) is 5.76. The smallest absolute Gasteiger partial charge is 0.0297 e. The quantitative estimate of drug-likeness (QED) is 0.552. The SMILES string of the molecule is CCC1(C)CCC2CCCCC21. The molecule has 0 bridgehead atoms. The minimum absolute atomic E-state index is 0.727. The molecule has 0 nitrogen and oxygen atoms in total. The van der Waals surface area contributed by atoms with Crippen molar-refractivity contribution >= 4 is 0 Å². The second kappa shape index (κ2) is 3.05. The van der Waals surface area contributed by atoms with Crippen LogP contribution in [0.5, 0.6) is 0 Å². The number of hydrogen-bond donors (Lipinski definition) is 0. The molecule has 0 spiro atoms. The van der Waals surface area contributed by atoms with Crippen LogP contribution in [-0.4, -0.2) is 0 Å². The van der Waals surface area contributed by atoms with Gasteiger partial charge in [-0.15, -0.1) is 0 Å². The van der Waals surface area contributed by atoms with Gasteiger partial charge >= 0.3 is 0 Å². The molecule has 2 rings (SSSR count). The summed E-state index contributed by atoms with van der Waals surface area (Å²) < 4.78 is 0. The highest BCUT2D eigenvalue weighted by atomic mass is 14.5. The average molecular weight is 166 g/mol. The van der Waals surface area contributed by atoms with Crippen molar-refractivity contribution in [1.29, 1.82) is 0 Å². The zero-order valence-corrected chi connectivity index (χ0v) is 8.60. The number of rotatable bonds is 1. The second-order valence-electron chi connectivity index (χ2n) is 5.20. The van der Waals surface area contributed by atoms with Crippen molar-refractivity contribution in [1.82, 2.24) is 0 Å². The first kappa shape index (κ1) is 8.59. The largest absolute Gasteiger partial charge is 0.0649 e. The van der Waals surface area contributed by atoms with E-state index in [-0.39, 0.29) is 0 Å². The van der Waals surface area contributed by atoms with Gasteiger partial charge in [-0.25, -0.2) is 0 Å². The molecule has 0 aromatic carbocycles. The summed E-state index contributed by atoms with van der Waals surface area (Å²) in [5.74, 6) is 2.21. The van der Waals surface area contributed by atoms with Crippen molar-refractivity contribution in [2.24, 2.45) is 17.3 Å². The van der Waals surface area contributed by atoms with E-state index in [0.717, 1.165) is 17.3 Å². The maximum absolute atomic E-state index is 2.53. The highest BCUT2D eigenvalue weighted by Gasteiger charge is 2.44. The van der Waals surface area contributed by atoms with Gasteiger partial charge in [-0.2, -0.15) is 0 Å². The Labute approximate surface area is 76.7 Å². The van der Waals surface area contributed by atoms with E-state index in [2.05, 4.69) is 13.8 Å². The summed E-state index contributed by atoms with van der Waals surface area (Å²) in [5.41, 5.74) is 0.727. The van der Waals surface area contributed by atoms with Crippen LogP contribution in [0.15, 0.2) is 0 Å². The monoisotopic (exact) mass is 166 g/mol. The molecule has 0 heteroatoms. The average Bonchev–Trinajstić information content (AvgIpc) is 2.46. The summed E-state index contributed by atoms with van der Waals surface area (Å²) in [6, 6.07) is 0. The molecule has 2 aliphatic carbocycles. The summed E-state index contributed by atoms with van der Waals surface area (Å²) in [6.07, 6.45) is 10.6. The van der Waals surface area contributed by atoms with Crippen molar-refractivity contribution in [3.63, 3.8) is 0 Å². The number of fused-ring (bicyclic) bond motifs is 1. The zero-order chi connectivity index (χ0) is 8.60. The standard InChI is InChI=1S/C12H22/c1-3-12(2)9-8-10-6-4-5-7-11(10)12/h10-11H,3-9H2,1-2H3. The Morgan fingerprint density at radius 3 is 2.67 bits per heavy atom. The van der Waals surface area contributed by atoms with Gasteiger partial charge < -0.3 is 0 Å². The molecular weight excluding hydrogens is 144 g/mol. The molecule has 0 saturated heterocycles. The van der Waals surface area contributed by atoms with Crippen LogP contribution < -0.4 is 0 Å². The van der Waals surface area contributed by atoms with Gasteiger partial charge in [0.15, 0.2) is 0 Å². The molecule has 2 fully saturated rings. The van der Waals surface area contributed by atoms with Crippen LogP contribution >= 0.6 is 0 Å². The molecule has 12 heavy (non-hydrogen) atoms. The lowest BCUT2D eigenvalue weighted by molar-refractivity contribution is 0.141. The second-order valence-corrected chi connectivity index (χ2v) is 5.20. The van der Waals surface area contributed by atoms with Crippen LogP contribution in [0.1, 0.15) is 58.8 Å². The van der Waals surface area contributed by atoms with Crippen molar-refractivity contribution in [2.75, 3.05) is 0 Å². The van der Waals surface area contributed by atoms with E-state index in [4.69, 9.17) is 0 Å². The van der Waals surface area contributed by atoms with Gasteiger partial charge in [0.05, 0.1) is 0 Å². The summed E-state index contributed by atoms with van der Waals surface area (Å²) in [7, 11) is 0. The normalized spacial score (nSPS) is 47.5. The first-order valence-corrected chi connectivity index (χ1v) is 5.76. The Morgan fingerprint density at radius 1 is 1.17 bits per heavy atom. The van der Waals surface area contributed by atoms with Gasteiger partial charge in [-0.05, 0) is 36.5 Å². The van der Waals surface area contributed by atoms with Gasteiger partial charge in [0, 0.05) is 0 Å². The lowest BCUT2D eigenvalue weighted by Gasteiger charge is -2.36. The highest BCUT2D eigenvalue weighted by Crippen LogP contribution is 2.54. The lowest BCUT2D eigenvalue weighted by Crippen LogP contribution is -2.26. The molecule has 0 radical (unpaired) electrons. The summed E-state index contributed by atoms with van der Waals surface area (Å²) >= 11 is 0. The Morgan fingerprint density at radius 2 is 1.92 bits per heavy atom. The molecule has 70 valence electrons. The summed E-state index contributed by atoms with van der Waals surface area (Å²) in [4.78, 5) is 0. The van der Waals surface area contributed by atoms with Crippen LogP contribution in [0.25, 0.3) is 0 Å². The maximum Gasteiger partial charge on any atom is -0.0297 e. The zero-order valence-electron chi connectivity index (χ0n) is 8.60. The van der Waals surface area contributed by atoms with Crippen LogP contribution in [0, 0.1) is 17.3 Å². The minimum Gasteiger partial charge on any atom is -0.0649 e. The Bertz CT molecular complexity index is 161. The third-order valence-electron chi connectivity index (χ3n) is 4.70. The fraction of sp³-hybridized carbons (Fsp3) is 1.00. The third kappa shape index (κ3) is 1.20. The van der Waals surface area contributed by atoms with Crippen molar-refractivity contribution < 1.29 is 0 Å². The van der Waals surface area contributed by atoms with E-state index in [1.54, 1.807) is 6.42 Å². The fourth-order valence-corrected chi connectivity index (χ4v) is 3.61. The molecule has 0 N–H and O–H groups in total. The fourth-order valence-electron chi connectivity index (χ4n) is 3.61. The molecule has 2 saturated carbocycles. The predicted octanol–water partition coefficient (Wildman–Crippen LogP) is 4.00. The summed E-state index contributed by atoms with van der Waals surface area (Å²) in [5, 5.41) is 0. The van der Waals surface area contributed by atoms with E-state index < -0.39 is 0 Å². The van der Waals surface area contributed by atoms with Gasteiger partial charge in [-0.1, -0.05) is 39.5 Å². The van der Waals surface area contributed by atoms with Gasteiger partial charge in [0.25, 0.3) is 0 Å². The van der Waals surface area contributed by atoms with Crippen LogP contribution in [0.3, 0.4) is 0 Å². The molecule has 0 aromatic heterocycles. The van der Waals surface area contributed by atoms with Crippen molar-refractivity contribution in [2.45, 2.75) is 58.8 Å². The predicted molar refractivity (Wildman–Crippen MR) is 53.1 cm³/mol. The number of hydrogen-bond acceptors (Lipinski definition) is 0. The lowest BCUT2D eigenvalue weighted by atomic mass is 9.69. The van der Waals surface area contributed by atoms with Crippen LogP contribution in [0.4, 0.5) is 0 Å².